The first-order valence-corrected chi connectivity index (χ1v) is 4.52. The summed E-state index contributed by atoms with van der Waals surface area (Å²) in [6.07, 6.45) is 3.01. The van der Waals surface area contributed by atoms with Gasteiger partial charge in [0.1, 0.15) is 18.1 Å². The number of rotatable bonds is 4. The lowest BCUT2D eigenvalue weighted by Gasteiger charge is -2.04. The highest BCUT2D eigenvalue weighted by Crippen LogP contribution is 2.17. The fraction of sp³-hybridized carbons (Fsp3) is 0.182. The zero-order valence-corrected chi connectivity index (χ0v) is 8.34. The normalized spacial score (nSPS) is 9.93. The van der Waals surface area contributed by atoms with Crippen molar-refractivity contribution in [3.05, 3.63) is 42.6 Å². The second kappa shape index (κ2) is 4.50. The summed E-state index contributed by atoms with van der Waals surface area (Å²) in [6.45, 7) is 0.381. The molecule has 0 spiro atoms. The standard InChI is InChI=1S/C11H11NO3/c1-13-9-2-4-10(5-3-9)14-7-11-6-12-8-15-11/h2-6,8H,7H2,1H3. The number of methoxy groups -OCH3 is 1. The van der Waals surface area contributed by atoms with E-state index in [1.54, 1.807) is 13.3 Å². The molecule has 0 fully saturated rings. The number of aromatic nitrogens is 1. The molecule has 0 aliphatic rings. The van der Waals surface area contributed by atoms with E-state index in [0.29, 0.717) is 12.4 Å². The van der Waals surface area contributed by atoms with Crippen LogP contribution in [0.4, 0.5) is 0 Å². The Hall–Kier alpha value is -1.97. The molecule has 78 valence electrons. The van der Waals surface area contributed by atoms with Crippen molar-refractivity contribution in [2.45, 2.75) is 6.61 Å². The molecule has 15 heavy (non-hydrogen) atoms. The Bertz CT molecular complexity index is 394. The van der Waals surface area contributed by atoms with Crippen molar-refractivity contribution >= 4 is 0 Å². The van der Waals surface area contributed by atoms with Crippen LogP contribution in [0.3, 0.4) is 0 Å². The van der Waals surface area contributed by atoms with E-state index in [2.05, 4.69) is 4.98 Å². The molecule has 4 nitrogen and oxygen atoms in total. The molecular formula is C11H11NO3. The molecule has 0 saturated carbocycles. The van der Waals surface area contributed by atoms with Crippen LogP contribution in [-0.2, 0) is 6.61 Å². The summed E-state index contributed by atoms with van der Waals surface area (Å²) in [5, 5.41) is 0. The second-order valence-electron chi connectivity index (χ2n) is 2.93. The van der Waals surface area contributed by atoms with Crippen LogP contribution in [-0.4, -0.2) is 12.1 Å². The molecular weight excluding hydrogens is 194 g/mol. The first-order chi connectivity index (χ1) is 7.38. The first kappa shape index (κ1) is 9.58. The molecule has 2 aromatic rings. The summed E-state index contributed by atoms with van der Waals surface area (Å²) in [6, 6.07) is 7.37. The van der Waals surface area contributed by atoms with Crippen LogP contribution >= 0.6 is 0 Å². The maximum absolute atomic E-state index is 5.46. The van der Waals surface area contributed by atoms with Gasteiger partial charge in [0.2, 0.25) is 0 Å². The van der Waals surface area contributed by atoms with Gasteiger partial charge in [-0.15, -0.1) is 0 Å². The van der Waals surface area contributed by atoms with Crippen molar-refractivity contribution in [3.8, 4) is 11.5 Å². The Morgan fingerprint density at radius 2 is 1.93 bits per heavy atom. The Morgan fingerprint density at radius 3 is 2.53 bits per heavy atom. The van der Waals surface area contributed by atoms with Crippen LogP contribution in [0.15, 0.2) is 41.3 Å². The highest BCUT2D eigenvalue weighted by Gasteiger charge is 1.98. The second-order valence-corrected chi connectivity index (χ2v) is 2.93. The molecule has 0 bridgehead atoms. The van der Waals surface area contributed by atoms with Crippen molar-refractivity contribution in [1.29, 1.82) is 0 Å². The van der Waals surface area contributed by atoms with Gasteiger partial charge in [-0.3, -0.25) is 0 Å². The Kier molecular flexibility index (Phi) is 2.88. The quantitative estimate of drug-likeness (QED) is 0.768. The molecule has 0 atom stereocenters. The highest BCUT2D eigenvalue weighted by atomic mass is 16.5. The van der Waals surface area contributed by atoms with Crippen LogP contribution in [0.1, 0.15) is 5.76 Å². The molecule has 0 aliphatic carbocycles. The zero-order chi connectivity index (χ0) is 10.5. The maximum Gasteiger partial charge on any atom is 0.181 e. The number of nitrogens with zero attached hydrogens (tertiary/aromatic N) is 1. The number of ether oxygens (including phenoxy) is 2. The average Bonchev–Trinajstić information content (AvgIpc) is 2.80. The smallest absolute Gasteiger partial charge is 0.181 e. The third-order valence-electron chi connectivity index (χ3n) is 1.92. The summed E-state index contributed by atoms with van der Waals surface area (Å²) < 4.78 is 15.5. The van der Waals surface area contributed by atoms with Crippen LogP contribution in [0.2, 0.25) is 0 Å². The highest BCUT2D eigenvalue weighted by molar-refractivity contribution is 5.31. The number of benzene rings is 1. The van der Waals surface area contributed by atoms with Crippen LogP contribution < -0.4 is 9.47 Å². The van der Waals surface area contributed by atoms with E-state index in [4.69, 9.17) is 13.9 Å². The summed E-state index contributed by atoms with van der Waals surface area (Å²) in [7, 11) is 1.63. The fourth-order valence-electron chi connectivity index (χ4n) is 1.14. The Labute approximate surface area is 87.5 Å². The minimum Gasteiger partial charge on any atom is -0.497 e. The summed E-state index contributed by atoms with van der Waals surface area (Å²) >= 11 is 0. The van der Waals surface area contributed by atoms with Crippen LogP contribution in [0, 0.1) is 0 Å². The third-order valence-corrected chi connectivity index (χ3v) is 1.92. The van der Waals surface area contributed by atoms with Gasteiger partial charge in [-0.2, -0.15) is 0 Å². The predicted molar refractivity (Wildman–Crippen MR) is 53.8 cm³/mol. The van der Waals surface area contributed by atoms with E-state index in [9.17, 15) is 0 Å². The molecule has 0 saturated heterocycles. The van der Waals surface area contributed by atoms with Crippen LogP contribution in [0.25, 0.3) is 0 Å². The van der Waals surface area contributed by atoms with Crippen molar-refractivity contribution in [3.63, 3.8) is 0 Å². The van der Waals surface area contributed by atoms with E-state index in [-0.39, 0.29) is 0 Å². The van der Waals surface area contributed by atoms with Crippen molar-refractivity contribution in [1.82, 2.24) is 4.98 Å². The average molecular weight is 205 g/mol. The number of hydrogen-bond acceptors (Lipinski definition) is 4. The monoisotopic (exact) mass is 205 g/mol. The lowest BCUT2D eigenvalue weighted by atomic mass is 10.3. The zero-order valence-electron chi connectivity index (χ0n) is 8.34. The summed E-state index contributed by atoms with van der Waals surface area (Å²) in [4.78, 5) is 3.80. The van der Waals surface area contributed by atoms with Crippen molar-refractivity contribution in [2.24, 2.45) is 0 Å². The molecule has 0 radical (unpaired) electrons. The number of oxazole rings is 1. The minimum absolute atomic E-state index is 0.381. The van der Waals surface area contributed by atoms with E-state index in [1.807, 2.05) is 24.3 Å². The molecule has 0 aliphatic heterocycles. The van der Waals surface area contributed by atoms with E-state index < -0.39 is 0 Å². The molecule has 1 heterocycles. The lowest BCUT2D eigenvalue weighted by molar-refractivity contribution is 0.270. The van der Waals surface area contributed by atoms with E-state index in [1.165, 1.54) is 6.39 Å². The van der Waals surface area contributed by atoms with Gasteiger partial charge in [0, 0.05) is 0 Å². The first-order valence-electron chi connectivity index (χ1n) is 4.52. The fourth-order valence-corrected chi connectivity index (χ4v) is 1.14. The van der Waals surface area contributed by atoms with E-state index in [0.717, 1.165) is 11.5 Å². The maximum atomic E-state index is 5.46. The third kappa shape index (κ3) is 2.49. The molecule has 0 N–H and O–H groups in total. The molecule has 1 aromatic carbocycles. The van der Waals surface area contributed by atoms with Crippen LogP contribution in [0.5, 0.6) is 11.5 Å². The summed E-state index contributed by atoms with van der Waals surface area (Å²) in [5.74, 6) is 2.28. The largest absolute Gasteiger partial charge is 0.497 e. The predicted octanol–water partition coefficient (Wildman–Crippen LogP) is 2.26. The minimum atomic E-state index is 0.381. The number of hydrogen-bond donors (Lipinski definition) is 0. The summed E-state index contributed by atoms with van der Waals surface area (Å²) in [5.41, 5.74) is 0. The van der Waals surface area contributed by atoms with Gasteiger partial charge in [0.05, 0.1) is 13.3 Å². The molecule has 0 unspecified atom stereocenters. The van der Waals surface area contributed by atoms with Crippen molar-refractivity contribution < 1.29 is 13.9 Å². The van der Waals surface area contributed by atoms with Gasteiger partial charge >= 0.3 is 0 Å². The van der Waals surface area contributed by atoms with E-state index >= 15 is 0 Å². The molecule has 4 heteroatoms. The van der Waals surface area contributed by atoms with Gasteiger partial charge in [-0.05, 0) is 24.3 Å². The van der Waals surface area contributed by atoms with Gasteiger partial charge in [0.25, 0.3) is 0 Å². The Balaban J connectivity index is 1.93. The Morgan fingerprint density at radius 1 is 1.20 bits per heavy atom. The molecule has 1 aromatic heterocycles. The van der Waals surface area contributed by atoms with Gasteiger partial charge < -0.3 is 13.9 Å². The van der Waals surface area contributed by atoms with Gasteiger partial charge in [-0.1, -0.05) is 0 Å². The van der Waals surface area contributed by atoms with Gasteiger partial charge in [-0.25, -0.2) is 4.98 Å². The van der Waals surface area contributed by atoms with Crippen molar-refractivity contribution in [2.75, 3.05) is 7.11 Å². The topological polar surface area (TPSA) is 44.5 Å². The van der Waals surface area contributed by atoms with Gasteiger partial charge in [0.15, 0.2) is 12.2 Å². The lowest BCUT2D eigenvalue weighted by Crippen LogP contribution is -1.93. The molecule has 2 rings (SSSR count). The molecule has 0 amide bonds. The SMILES string of the molecule is COc1ccc(OCc2cnco2)cc1.